The zero-order chi connectivity index (χ0) is 49.8. The van der Waals surface area contributed by atoms with E-state index in [4.69, 9.17) is 18.5 Å². The van der Waals surface area contributed by atoms with E-state index in [9.17, 15) is 39.8 Å². The van der Waals surface area contributed by atoms with Gasteiger partial charge < -0.3 is 39.9 Å². The Kier molecular flexibility index (Phi) is 42.3. The smallest absolute Gasteiger partial charge is 0.457 e. The van der Waals surface area contributed by atoms with E-state index in [1.54, 1.807) is 0 Å². The van der Waals surface area contributed by atoms with Crippen LogP contribution in [-0.2, 0) is 27.9 Å². The second-order valence-corrected chi connectivity index (χ2v) is 20.1. The molecular weight excluding hydrogens is 884 g/mol. The Hall–Kier alpha value is -1.96. The van der Waals surface area contributed by atoms with E-state index in [2.05, 4.69) is 74.6 Å². The fourth-order valence-electron chi connectivity index (χ4n) is 8.11. The Labute approximate surface area is 413 Å². The highest BCUT2D eigenvalue weighted by atomic mass is 31.2. The predicted octanol–water partition coefficient (Wildman–Crippen LogP) is 12.5. The van der Waals surface area contributed by atoms with Crippen LogP contribution in [0.5, 0.6) is 0 Å². The number of phosphoric acid groups is 1. The molecule has 0 spiro atoms. The average Bonchev–Trinajstić information content (AvgIpc) is 3.32. The van der Waals surface area contributed by atoms with Gasteiger partial charge in [-0.25, -0.2) is 4.57 Å². The van der Waals surface area contributed by atoms with Gasteiger partial charge in [-0.2, -0.15) is 0 Å². The lowest BCUT2D eigenvalue weighted by atomic mass is 9.85. The van der Waals surface area contributed by atoms with Gasteiger partial charge >= 0.3 is 13.8 Å². The molecule has 6 N–H and O–H groups in total. The molecule has 0 aromatic carbocycles. The van der Waals surface area contributed by atoms with Gasteiger partial charge in [-0.15, -0.1) is 0 Å². The first kappa shape index (κ1) is 64.1. The number of carbonyl (C=O) groups excluding carboxylic acids is 1. The normalized spacial score (nSPS) is 21.6. The van der Waals surface area contributed by atoms with Crippen LogP contribution >= 0.6 is 7.82 Å². The van der Waals surface area contributed by atoms with E-state index in [0.717, 1.165) is 70.6 Å². The summed E-state index contributed by atoms with van der Waals surface area (Å²) < 4.78 is 34.3. The molecule has 1 fully saturated rings. The van der Waals surface area contributed by atoms with Crippen molar-refractivity contribution in [1.29, 1.82) is 0 Å². The Morgan fingerprint density at radius 1 is 0.485 bits per heavy atom. The van der Waals surface area contributed by atoms with Crippen molar-refractivity contribution in [3.8, 4) is 0 Å². The summed E-state index contributed by atoms with van der Waals surface area (Å²) in [5, 5.41) is 50.3. The largest absolute Gasteiger partial charge is 0.472 e. The molecule has 396 valence electrons. The summed E-state index contributed by atoms with van der Waals surface area (Å²) in [5.41, 5.74) is 0. The summed E-state index contributed by atoms with van der Waals surface area (Å²) in [5.74, 6) is -0.500. The second-order valence-electron chi connectivity index (χ2n) is 18.7. The molecule has 1 saturated carbocycles. The van der Waals surface area contributed by atoms with Crippen LogP contribution in [0.2, 0.25) is 0 Å². The van der Waals surface area contributed by atoms with Crippen LogP contribution in [0.25, 0.3) is 0 Å². The number of unbranched alkanes of at least 4 members (excludes halogenated alkanes) is 24. The van der Waals surface area contributed by atoms with Crippen molar-refractivity contribution in [3.63, 3.8) is 0 Å². The zero-order valence-electron chi connectivity index (χ0n) is 42.6. The third-order valence-electron chi connectivity index (χ3n) is 12.4. The first-order chi connectivity index (χ1) is 33.0. The lowest BCUT2D eigenvalue weighted by Crippen LogP contribution is -2.64. The third kappa shape index (κ3) is 36.0. The molecule has 6 atom stereocenters. The van der Waals surface area contributed by atoms with Crippen molar-refractivity contribution >= 4 is 13.8 Å². The molecule has 0 aromatic heterocycles. The number of aliphatic hydroxyl groups is 5. The summed E-state index contributed by atoms with van der Waals surface area (Å²) in [7, 11) is -5.03. The first-order valence-electron chi connectivity index (χ1n) is 27.1. The Morgan fingerprint density at radius 3 is 1.34 bits per heavy atom. The van der Waals surface area contributed by atoms with Gasteiger partial charge in [-0.3, -0.25) is 13.8 Å². The van der Waals surface area contributed by atoms with Crippen LogP contribution in [0.15, 0.2) is 60.8 Å². The Balaban J connectivity index is 2.31. The fourth-order valence-corrected chi connectivity index (χ4v) is 9.08. The molecule has 0 heterocycles. The summed E-state index contributed by atoms with van der Waals surface area (Å²) in [6.07, 6.45) is 45.8. The predicted molar refractivity (Wildman–Crippen MR) is 276 cm³/mol. The zero-order valence-corrected chi connectivity index (χ0v) is 43.5. The molecule has 1 aliphatic rings. The van der Waals surface area contributed by atoms with Gasteiger partial charge in [-0.1, -0.05) is 197 Å². The summed E-state index contributed by atoms with van der Waals surface area (Å²) in [6.45, 7) is 4.14. The number of allylic oxidation sites excluding steroid dienone is 10. The Bertz CT molecular complexity index is 1350. The molecule has 12 nitrogen and oxygen atoms in total. The molecule has 0 radical (unpaired) electrons. The highest BCUT2D eigenvalue weighted by Gasteiger charge is 2.51. The van der Waals surface area contributed by atoms with E-state index in [1.165, 1.54) is 122 Å². The highest BCUT2D eigenvalue weighted by Crippen LogP contribution is 2.47. The molecule has 6 unspecified atom stereocenters. The topological polar surface area (TPSA) is 192 Å². The molecular formula is C55H99O12P. The van der Waals surface area contributed by atoms with Crippen LogP contribution in [0.3, 0.4) is 0 Å². The maximum atomic E-state index is 12.9. The van der Waals surface area contributed by atoms with Gasteiger partial charge in [0, 0.05) is 13.0 Å². The standard InChI is InChI=1S/C55H99O12P/c1-3-5-7-9-11-13-15-17-19-21-22-23-24-25-26-27-29-31-33-35-37-39-41-43-45-64-46-48(47-65-68(62,63)67-55-53(60)51(58)50(57)52(59)54(55)61)66-49(56)44-42-40-38-36-34-32-30-28-20-18-16-14-12-10-8-6-4-2/h6,8,12,14,18,20-22,30,32,48,50-55,57-61H,3-5,7,9-11,13,15-17,19,23-29,31,33-47H2,1-2H3,(H,62,63)/b8-6-,14-12-,20-18-,22-21-,32-30-. The van der Waals surface area contributed by atoms with Gasteiger partial charge in [0.15, 0.2) is 0 Å². The molecule has 0 amide bonds. The Morgan fingerprint density at radius 2 is 0.868 bits per heavy atom. The SMILES string of the molecule is CC/C=C\C/C=C\C/C=C\C/C=C\CCCCCCC(=O)OC(COCCCCCCCCCCCCCC/C=C\CCCCCCCCCC)COP(=O)(O)OC1C(O)C(O)C(O)C(O)C1O. The quantitative estimate of drug-likeness (QED) is 0.0147. The van der Waals surface area contributed by atoms with Gasteiger partial charge in [0.2, 0.25) is 0 Å². The molecule has 0 aromatic rings. The van der Waals surface area contributed by atoms with Gasteiger partial charge in [0.05, 0.1) is 13.2 Å². The van der Waals surface area contributed by atoms with Crippen molar-refractivity contribution < 1.29 is 58.3 Å². The number of rotatable bonds is 46. The number of phosphoric ester groups is 1. The van der Waals surface area contributed by atoms with Crippen molar-refractivity contribution in [2.75, 3.05) is 19.8 Å². The van der Waals surface area contributed by atoms with E-state index in [0.29, 0.717) is 13.0 Å². The number of hydrogen-bond donors (Lipinski definition) is 6. The van der Waals surface area contributed by atoms with Gasteiger partial charge in [-0.05, 0) is 77.0 Å². The van der Waals surface area contributed by atoms with Crippen LogP contribution in [-0.4, -0.2) is 98.9 Å². The minimum atomic E-state index is -5.03. The monoisotopic (exact) mass is 983 g/mol. The maximum Gasteiger partial charge on any atom is 0.472 e. The number of ether oxygens (including phenoxy) is 2. The van der Waals surface area contributed by atoms with Crippen molar-refractivity contribution in [3.05, 3.63) is 60.8 Å². The molecule has 1 rings (SSSR count). The molecule has 0 saturated heterocycles. The van der Waals surface area contributed by atoms with E-state index in [-0.39, 0.29) is 13.0 Å². The van der Waals surface area contributed by atoms with Crippen molar-refractivity contribution in [1.82, 2.24) is 0 Å². The summed E-state index contributed by atoms with van der Waals surface area (Å²) >= 11 is 0. The molecule has 1 aliphatic carbocycles. The summed E-state index contributed by atoms with van der Waals surface area (Å²) in [4.78, 5) is 23.3. The van der Waals surface area contributed by atoms with Crippen LogP contribution in [0, 0.1) is 0 Å². The van der Waals surface area contributed by atoms with E-state index < -0.39 is 63.1 Å². The minimum Gasteiger partial charge on any atom is -0.457 e. The van der Waals surface area contributed by atoms with Gasteiger partial charge in [0.1, 0.15) is 42.7 Å². The lowest BCUT2D eigenvalue weighted by Gasteiger charge is -2.41. The molecule has 0 aliphatic heterocycles. The van der Waals surface area contributed by atoms with Crippen molar-refractivity contribution in [2.24, 2.45) is 0 Å². The summed E-state index contributed by atoms with van der Waals surface area (Å²) in [6, 6.07) is 0. The van der Waals surface area contributed by atoms with Crippen LogP contribution in [0.4, 0.5) is 0 Å². The number of carbonyl (C=O) groups is 1. The molecule has 13 heteroatoms. The maximum absolute atomic E-state index is 12.9. The van der Waals surface area contributed by atoms with E-state index >= 15 is 0 Å². The molecule has 0 bridgehead atoms. The highest BCUT2D eigenvalue weighted by molar-refractivity contribution is 7.47. The fraction of sp³-hybridized carbons (Fsp3) is 0.800. The number of aliphatic hydroxyl groups excluding tert-OH is 5. The average molecular weight is 983 g/mol. The van der Waals surface area contributed by atoms with Crippen molar-refractivity contribution in [2.45, 2.75) is 262 Å². The van der Waals surface area contributed by atoms with Crippen LogP contribution < -0.4 is 0 Å². The second kappa shape index (κ2) is 44.9. The lowest BCUT2D eigenvalue weighted by molar-refractivity contribution is -0.220. The van der Waals surface area contributed by atoms with E-state index in [1.807, 2.05) is 0 Å². The minimum absolute atomic E-state index is 0.0883. The number of hydrogen-bond acceptors (Lipinski definition) is 11. The first-order valence-corrected chi connectivity index (χ1v) is 28.6. The molecule has 68 heavy (non-hydrogen) atoms. The number of esters is 1. The third-order valence-corrected chi connectivity index (χ3v) is 13.4. The van der Waals surface area contributed by atoms with Gasteiger partial charge in [0.25, 0.3) is 0 Å². The van der Waals surface area contributed by atoms with Crippen LogP contribution in [0.1, 0.15) is 219 Å².